The number of halogens is 1. The van der Waals surface area contributed by atoms with Crippen molar-refractivity contribution < 1.29 is 9.53 Å². The molecule has 4 nitrogen and oxygen atoms in total. The molecule has 0 bridgehead atoms. The van der Waals surface area contributed by atoms with Crippen LogP contribution in [-0.2, 0) is 4.74 Å². The fourth-order valence-corrected chi connectivity index (χ4v) is 1.40. The SMILES string of the molecule is CC(C)(C)OC(=O)NC1=CCC(N)CC1.Cl. The lowest BCUT2D eigenvalue weighted by Crippen LogP contribution is -2.34. The van der Waals surface area contributed by atoms with E-state index in [9.17, 15) is 4.79 Å². The number of ether oxygens (including phenoxy) is 1. The summed E-state index contributed by atoms with van der Waals surface area (Å²) in [6.45, 7) is 5.53. The van der Waals surface area contributed by atoms with Crippen molar-refractivity contribution in [3.63, 3.8) is 0 Å². The van der Waals surface area contributed by atoms with E-state index in [-0.39, 0.29) is 24.5 Å². The number of alkyl carbamates (subject to hydrolysis) is 1. The first-order valence-electron chi connectivity index (χ1n) is 5.31. The molecule has 1 amide bonds. The molecule has 0 spiro atoms. The minimum Gasteiger partial charge on any atom is -0.444 e. The van der Waals surface area contributed by atoms with Crippen molar-refractivity contribution in [2.24, 2.45) is 5.73 Å². The van der Waals surface area contributed by atoms with E-state index < -0.39 is 5.60 Å². The van der Waals surface area contributed by atoms with Gasteiger partial charge in [-0.15, -0.1) is 12.4 Å². The van der Waals surface area contributed by atoms with Gasteiger partial charge >= 0.3 is 6.09 Å². The van der Waals surface area contributed by atoms with Crippen molar-refractivity contribution in [3.05, 3.63) is 11.8 Å². The molecule has 0 radical (unpaired) electrons. The van der Waals surface area contributed by atoms with Crippen molar-refractivity contribution >= 4 is 18.5 Å². The van der Waals surface area contributed by atoms with Crippen LogP contribution in [0.4, 0.5) is 4.79 Å². The Kier molecular flexibility index (Phi) is 5.83. The Bertz CT molecular complexity index is 272. The fourth-order valence-electron chi connectivity index (χ4n) is 1.40. The van der Waals surface area contributed by atoms with Crippen LogP contribution < -0.4 is 11.1 Å². The van der Waals surface area contributed by atoms with Gasteiger partial charge in [0.05, 0.1) is 0 Å². The highest BCUT2D eigenvalue weighted by Gasteiger charge is 2.18. The van der Waals surface area contributed by atoms with E-state index in [2.05, 4.69) is 5.32 Å². The third-order valence-electron chi connectivity index (χ3n) is 2.11. The summed E-state index contributed by atoms with van der Waals surface area (Å²) in [7, 11) is 0. The third kappa shape index (κ3) is 5.98. The smallest absolute Gasteiger partial charge is 0.411 e. The molecule has 5 heteroatoms. The van der Waals surface area contributed by atoms with E-state index in [1.165, 1.54) is 0 Å². The first kappa shape index (κ1) is 15.3. The van der Waals surface area contributed by atoms with Gasteiger partial charge in [0.15, 0.2) is 0 Å². The molecule has 1 aliphatic rings. The maximum atomic E-state index is 11.4. The lowest BCUT2D eigenvalue weighted by molar-refractivity contribution is 0.0543. The van der Waals surface area contributed by atoms with Crippen molar-refractivity contribution in [1.29, 1.82) is 0 Å². The maximum Gasteiger partial charge on any atom is 0.411 e. The summed E-state index contributed by atoms with van der Waals surface area (Å²) in [5.41, 5.74) is 6.21. The van der Waals surface area contributed by atoms with Crippen molar-refractivity contribution in [3.8, 4) is 0 Å². The first-order chi connectivity index (χ1) is 6.87. The van der Waals surface area contributed by atoms with Crippen LogP contribution in [0.2, 0.25) is 0 Å². The van der Waals surface area contributed by atoms with Gasteiger partial charge in [0, 0.05) is 11.7 Å². The summed E-state index contributed by atoms with van der Waals surface area (Å²) in [6.07, 6.45) is 4.15. The Labute approximate surface area is 103 Å². The summed E-state index contributed by atoms with van der Waals surface area (Å²) in [5.74, 6) is 0. The van der Waals surface area contributed by atoms with E-state index in [1.54, 1.807) is 0 Å². The Morgan fingerprint density at radius 3 is 2.62 bits per heavy atom. The van der Waals surface area contributed by atoms with Crippen LogP contribution in [0.15, 0.2) is 11.8 Å². The number of nitrogens with two attached hydrogens (primary N) is 1. The zero-order chi connectivity index (χ0) is 11.5. The zero-order valence-corrected chi connectivity index (χ0v) is 10.9. The third-order valence-corrected chi connectivity index (χ3v) is 2.11. The highest BCUT2D eigenvalue weighted by atomic mass is 35.5. The zero-order valence-electron chi connectivity index (χ0n) is 10.1. The van der Waals surface area contributed by atoms with Gasteiger partial charge < -0.3 is 10.5 Å². The summed E-state index contributed by atoms with van der Waals surface area (Å²) in [4.78, 5) is 11.4. The summed E-state index contributed by atoms with van der Waals surface area (Å²) >= 11 is 0. The molecule has 0 aliphatic heterocycles. The summed E-state index contributed by atoms with van der Waals surface area (Å²) < 4.78 is 5.15. The second-order valence-corrected chi connectivity index (χ2v) is 4.89. The van der Waals surface area contributed by atoms with Gasteiger partial charge in [-0.3, -0.25) is 5.32 Å². The second kappa shape index (κ2) is 6.11. The number of allylic oxidation sites excluding steroid dienone is 1. The molecule has 0 saturated carbocycles. The van der Waals surface area contributed by atoms with E-state index >= 15 is 0 Å². The normalized spacial score (nSPS) is 20.5. The molecule has 1 aliphatic carbocycles. The highest BCUT2D eigenvalue weighted by molar-refractivity contribution is 5.85. The molecule has 94 valence electrons. The molecule has 0 aromatic carbocycles. The van der Waals surface area contributed by atoms with E-state index in [4.69, 9.17) is 10.5 Å². The van der Waals surface area contributed by atoms with Crippen LogP contribution in [0.3, 0.4) is 0 Å². The molecular weight excluding hydrogens is 228 g/mol. The van der Waals surface area contributed by atoms with Crippen LogP contribution in [0, 0.1) is 0 Å². The lowest BCUT2D eigenvalue weighted by atomic mass is 10.0. The number of carbonyl (C=O) groups is 1. The Morgan fingerprint density at radius 2 is 2.19 bits per heavy atom. The van der Waals surface area contributed by atoms with Crippen molar-refractivity contribution in [2.45, 2.75) is 51.7 Å². The molecule has 0 heterocycles. The van der Waals surface area contributed by atoms with Gasteiger partial charge in [-0.05, 0) is 40.0 Å². The van der Waals surface area contributed by atoms with Gasteiger partial charge in [-0.2, -0.15) is 0 Å². The van der Waals surface area contributed by atoms with Crippen molar-refractivity contribution in [1.82, 2.24) is 5.32 Å². The lowest BCUT2D eigenvalue weighted by Gasteiger charge is -2.22. The minimum atomic E-state index is -0.449. The van der Waals surface area contributed by atoms with Crippen LogP contribution in [0.1, 0.15) is 40.0 Å². The topological polar surface area (TPSA) is 64.3 Å². The Hall–Kier alpha value is -0.740. The molecule has 0 aromatic rings. The number of hydrogen-bond donors (Lipinski definition) is 2. The van der Waals surface area contributed by atoms with Gasteiger partial charge in [0.1, 0.15) is 5.60 Å². The predicted octanol–water partition coefficient (Wildman–Crippen LogP) is 2.33. The minimum absolute atomic E-state index is 0. The van der Waals surface area contributed by atoms with Gasteiger partial charge in [-0.25, -0.2) is 4.79 Å². The summed E-state index contributed by atoms with van der Waals surface area (Å²) in [6, 6.07) is 0.231. The maximum absolute atomic E-state index is 11.4. The predicted molar refractivity (Wildman–Crippen MR) is 66.5 cm³/mol. The largest absolute Gasteiger partial charge is 0.444 e. The molecule has 0 saturated heterocycles. The highest BCUT2D eigenvalue weighted by Crippen LogP contribution is 2.15. The van der Waals surface area contributed by atoms with Gasteiger partial charge in [0.2, 0.25) is 0 Å². The molecule has 0 aromatic heterocycles. The quantitative estimate of drug-likeness (QED) is 0.749. The van der Waals surface area contributed by atoms with E-state index in [1.807, 2.05) is 26.8 Å². The van der Waals surface area contributed by atoms with E-state index in [0.717, 1.165) is 25.0 Å². The molecule has 1 unspecified atom stereocenters. The van der Waals surface area contributed by atoms with Crippen LogP contribution in [-0.4, -0.2) is 17.7 Å². The van der Waals surface area contributed by atoms with Gasteiger partial charge in [-0.1, -0.05) is 6.08 Å². The molecule has 0 fully saturated rings. The van der Waals surface area contributed by atoms with Crippen LogP contribution >= 0.6 is 12.4 Å². The van der Waals surface area contributed by atoms with Crippen LogP contribution in [0.25, 0.3) is 0 Å². The number of hydrogen-bond acceptors (Lipinski definition) is 3. The summed E-state index contributed by atoms with van der Waals surface area (Å²) in [5, 5.41) is 2.74. The Morgan fingerprint density at radius 1 is 1.56 bits per heavy atom. The number of rotatable bonds is 1. The fraction of sp³-hybridized carbons (Fsp3) is 0.727. The monoisotopic (exact) mass is 248 g/mol. The standard InChI is InChI=1S/C11H20N2O2.ClH/c1-11(2,3)15-10(14)13-9-6-4-8(12)5-7-9;/h6,8H,4-5,7,12H2,1-3H3,(H,13,14);1H. The second-order valence-electron chi connectivity index (χ2n) is 4.89. The van der Waals surface area contributed by atoms with Gasteiger partial charge in [0.25, 0.3) is 0 Å². The number of amides is 1. The molecule has 1 rings (SSSR count). The number of carbonyl (C=O) groups excluding carboxylic acids is 1. The molecule has 16 heavy (non-hydrogen) atoms. The van der Waals surface area contributed by atoms with Crippen LogP contribution in [0.5, 0.6) is 0 Å². The average molecular weight is 249 g/mol. The number of nitrogens with one attached hydrogen (secondary N) is 1. The molecule has 3 N–H and O–H groups in total. The average Bonchev–Trinajstić information content (AvgIpc) is 2.05. The molecule has 1 atom stereocenters. The molecular formula is C11H21ClN2O2. The van der Waals surface area contributed by atoms with Crippen molar-refractivity contribution in [2.75, 3.05) is 0 Å². The first-order valence-corrected chi connectivity index (χ1v) is 5.31. The van der Waals surface area contributed by atoms with E-state index in [0.29, 0.717) is 0 Å². The Balaban J connectivity index is 0.00000225.